The normalized spacial score (nSPS) is 33.7. The molecule has 0 spiro atoms. The third kappa shape index (κ3) is 1.32. The number of nitrogens with zero attached hydrogens (tertiary/aromatic N) is 1. The monoisotopic (exact) mass is 193 g/mol. The van der Waals surface area contributed by atoms with Crippen LogP contribution >= 0.6 is 0 Å². The molecule has 0 N–H and O–H groups in total. The van der Waals surface area contributed by atoms with E-state index in [2.05, 4.69) is 0 Å². The molecule has 0 aliphatic heterocycles. The van der Waals surface area contributed by atoms with E-state index >= 15 is 0 Å². The zero-order valence-electron chi connectivity index (χ0n) is 6.63. The standard InChI is InChI=1S/C7H6F3NO2/c1-4-2-3-7(10,11(12)13)6(9)5(4)8/h2-4H,1H3. The zero-order valence-corrected chi connectivity index (χ0v) is 6.63. The van der Waals surface area contributed by atoms with Crippen molar-refractivity contribution in [2.45, 2.75) is 12.7 Å². The maximum absolute atomic E-state index is 13.1. The van der Waals surface area contributed by atoms with E-state index in [-0.39, 0.29) is 0 Å². The van der Waals surface area contributed by atoms with Crippen LogP contribution < -0.4 is 0 Å². The lowest BCUT2D eigenvalue weighted by molar-refractivity contribution is -0.580. The second-order valence-electron chi connectivity index (χ2n) is 2.74. The molecule has 0 aromatic carbocycles. The molecule has 0 bridgehead atoms. The minimum Gasteiger partial charge on any atom is -0.261 e. The lowest BCUT2D eigenvalue weighted by Gasteiger charge is -2.17. The highest BCUT2D eigenvalue weighted by Crippen LogP contribution is 2.36. The van der Waals surface area contributed by atoms with E-state index in [0.717, 1.165) is 6.08 Å². The van der Waals surface area contributed by atoms with Gasteiger partial charge in [-0.2, -0.15) is 8.78 Å². The summed E-state index contributed by atoms with van der Waals surface area (Å²) in [6.45, 7) is 1.27. The molecular weight excluding hydrogens is 187 g/mol. The third-order valence-electron chi connectivity index (χ3n) is 1.79. The SMILES string of the molecule is CC1C=CC(F)([N+](=O)[O-])C(F)=C1F. The van der Waals surface area contributed by atoms with Crippen LogP contribution in [0.2, 0.25) is 0 Å². The fourth-order valence-electron chi connectivity index (χ4n) is 0.938. The van der Waals surface area contributed by atoms with Crippen LogP contribution in [0.15, 0.2) is 23.8 Å². The predicted molar refractivity (Wildman–Crippen MR) is 38.4 cm³/mol. The van der Waals surface area contributed by atoms with E-state index in [0.29, 0.717) is 6.08 Å². The summed E-state index contributed by atoms with van der Waals surface area (Å²) in [4.78, 5) is 8.57. The van der Waals surface area contributed by atoms with E-state index in [1.54, 1.807) is 0 Å². The van der Waals surface area contributed by atoms with Crippen molar-refractivity contribution in [3.05, 3.63) is 33.9 Å². The summed E-state index contributed by atoms with van der Waals surface area (Å²) in [7, 11) is 0. The topological polar surface area (TPSA) is 43.1 Å². The highest BCUT2D eigenvalue weighted by atomic mass is 19.2. The minimum absolute atomic E-state index is 0.413. The molecule has 0 aromatic heterocycles. The predicted octanol–water partition coefficient (Wildman–Crippen LogP) is 2.29. The Morgan fingerprint density at radius 2 is 2.15 bits per heavy atom. The van der Waals surface area contributed by atoms with E-state index in [1.807, 2.05) is 0 Å². The first-order chi connectivity index (χ1) is 5.89. The summed E-state index contributed by atoms with van der Waals surface area (Å²) in [5, 5.41) is 10.1. The molecule has 0 aromatic rings. The van der Waals surface area contributed by atoms with Crippen molar-refractivity contribution in [1.29, 1.82) is 0 Å². The van der Waals surface area contributed by atoms with Gasteiger partial charge in [0.05, 0.1) is 4.92 Å². The lowest BCUT2D eigenvalue weighted by Crippen LogP contribution is -2.34. The number of nitro groups is 1. The smallest absolute Gasteiger partial charge is 0.261 e. The minimum atomic E-state index is -3.53. The molecule has 0 radical (unpaired) electrons. The van der Waals surface area contributed by atoms with Crippen molar-refractivity contribution in [2.75, 3.05) is 0 Å². The molecule has 0 amide bonds. The maximum Gasteiger partial charge on any atom is 0.432 e. The number of rotatable bonds is 1. The largest absolute Gasteiger partial charge is 0.432 e. The Balaban J connectivity index is 3.18. The van der Waals surface area contributed by atoms with Crippen LogP contribution in [0.1, 0.15) is 6.92 Å². The summed E-state index contributed by atoms with van der Waals surface area (Å²) >= 11 is 0. The number of halogens is 3. The Morgan fingerprint density at radius 1 is 1.62 bits per heavy atom. The maximum atomic E-state index is 13.1. The van der Waals surface area contributed by atoms with Crippen LogP contribution in [-0.2, 0) is 0 Å². The summed E-state index contributed by atoms with van der Waals surface area (Å²) in [6, 6.07) is 0. The summed E-state index contributed by atoms with van der Waals surface area (Å²) in [5.41, 5.74) is 0. The molecule has 1 aliphatic rings. The van der Waals surface area contributed by atoms with Gasteiger partial charge in [-0.1, -0.05) is 13.0 Å². The summed E-state index contributed by atoms with van der Waals surface area (Å²) in [5.74, 6) is -7.88. The average molecular weight is 193 g/mol. The van der Waals surface area contributed by atoms with Crippen LogP contribution in [0, 0.1) is 16.0 Å². The van der Waals surface area contributed by atoms with Gasteiger partial charge in [-0.3, -0.25) is 10.1 Å². The first kappa shape index (κ1) is 9.76. The Bertz CT molecular complexity index is 313. The van der Waals surface area contributed by atoms with Crippen molar-refractivity contribution in [3.8, 4) is 0 Å². The Morgan fingerprint density at radius 3 is 2.62 bits per heavy atom. The zero-order chi connectivity index (χ0) is 10.2. The van der Waals surface area contributed by atoms with Crippen molar-refractivity contribution >= 4 is 0 Å². The third-order valence-corrected chi connectivity index (χ3v) is 1.79. The van der Waals surface area contributed by atoms with Gasteiger partial charge in [0.2, 0.25) is 5.83 Å². The van der Waals surface area contributed by atoms with E-state index in [4.69, 9.17) is 0 Å². The second kappa shape index (κ2) is 2.86. The van der Waals surface area contributed by atoms with Crippen molar-refractivity contribution in [2.24, 2.45) is 5.92 Å². The highest BCUT2D eigenvalue weighted by Gasteiger charge is 2.51. The average Bonchev–Trinajstić information content (AvgIpc) is 2.08. The van der Waals surface area contributed by atoms with Crippen LogP contribution in [0.25, 0.3) is 0 Å². The summed E-state index contributed by atoms with van der Waals surface area (Å²) in [6.07, 6.45) is 1.33. The molecule has 1 aliphatic carbocycles. The molecule has 2 unspecified atom stereocenters. The van der Waals surface area contributed by atoms with Gasteiger partial charge in [-0.05, 0) is 0 Å². The molecule has 0 saturated heterocycles. The molecule has 72 valence electrons. The van der Waals surface area contributed by atoms with Gasteiger partial charge in [0, 0.05) is 12.0 Å². The Kier molecular flexibility index (Phi) is 2.15. The number of hydrogen-bond acceptors (Lipinski definition) is 2. The molecule has 3 nitrogen and oxygen atoms in total. The van der Waals surface area contributed by atoms with Crippen molar-refractivity contribution < 1.29 is 18.1 Å². The Hall–Kier alpha value is -1.33. The molecule has 13 heavy (non-hydrogen) atoms. The van der Waals surface area contributed by atoms with Crippen molar-refractivity contribution in [1.82, 2.24) is 0 Å². The van der Waals surface area contributed by atoms with Gasteiger partial charge in [-0.25, -0.2) is 4.39 Å². The van der Waals surface area contributed by atoms with Crippen LogP contribution in [0.5, 0.6) is 0 Å². The number of hydrogen-bond donors (Lipinski definition) is 0. The van der Waals surface area contributed by atoms with Gasteiger partial charge in [0.15, 0.2) is 0 Å². The molecule has 6 heteroatoms. The van der Waals surface area contributed by atoms with Gasteiger partial charge < -0.3 is 0 Å². The highest BCUT2D eigenvalue weighted by molar-refractivity contribution is 5.26. The number of alkyl halides is 1. The van der Waals surface area contributed by atoms with Crippen molar-refractivity contribution in [3.63, 3.8) is 0 Å². The van der Waals surface area contributed by atoms with Crippen LogP contribution in [0.3, 0.4) is 0 Å². The van der Waals surface area contributed by atoms with Gasteiger partial charge >= 0.3 is 5.79 Å². The quantitative estimate of drug-likeness (QED) is 0.277. The van der Waals surface area contributed by atoms with Gasteiger partial charge in [0.25, 0.3) is 0 Å². The van der Waals surface area contributed by atoms with Crippen LogP contribution in [-0.4, -0.2) is 10.7 Å². The van der Waals surface area contributed by atoms with E-state index < -0.39 is 28.3 Å². The Labute approximate surface area is 71.7 Å². The molecular formula is C7H6F3NO2. The first-order valence-electron chi connectivity index (χ1n) is 3.48. The van der Waals surface area contributed by atoms with Crippen LogP contribution in [0.4, 0.5) is 13.2 Å². The second-order valence-corrected chi connectivity index (χ2v) is 2.74. The lowest BCUT2D eigenvalue weighted by atomic mass is 9.99. The fraction of sp³-hybridized carbons (Fsp3) is 0.429. The molecule has 1 rings (SSSR count). The van der Waals surface area contributed by atoms with Gasteiger partial charge in [0.1, 0.15) is 5.83 Å². The molecule has 0 saturated carbocycles. The van der Waals surface area contributed by atoms with E-state index in [9.17, 15) is 23.3 Å². The van der Waals surface area contributed by atoms with E-state index in [1.165, 1.54) is 6.92 Å². The number of allylic oxidation sites excluding steroid dienone is 2. The molecule has 0 heterocycles. The summed E-state index contributed by atoms with van der Waals surface area (Å²) < 4.78 is 38.6. The molecule has 0 fully saturated rings. The fourth-order valence-corrected chi connectivity index (χ4v) is 0.938. The molecule has 2 atom stereocenters. The van der Waals surface area contributed by atoms with Gasteiger partial charge in [-0.15, -0.1) is 0 Å². The first-order valence-corrected chi connectivity index (χ1v) is 3.48.